The van der Waals surface area contributed by atoms with Gasteiger partial charge in [-0.1, -0.05) is 6.07 Å². The number of nitrogens with one attached hydrogen (secondary N) is 1. The highest BCUT2D eigenvalue weighted by molar-refractivity contribution is 7.14. The van der Waals surface area contributed by atoms with Gasteiger partial charge >= 0.3 is 0 Å². The van der Waals surface area contributed by atoms with Crippen LogP contribution in [0.5, 0.6) is 5.75 Å². The highest BCUT2D eigenvalue weighted by Crippen LogP contribution is 2.31. The summed E-state index contributed by atoms with van der Waals surface area (Å²) in [6.07, 6.45) is 1.92. The second-order valence-corrected chi connectivity index (χ2v) is 6.47. The Morgan fingerprint density at radius 3 is 2.65 bits per heavy atom. The molecule has 8 heteroatoms. The Kier molecular flexibility index (Phi) is 4.04. The minimum absolute atomic E-state index is 0.261. The Balaban J connectivity index is 1.68. The van der Waals surface area contributed by atoms with Gasteiger partial charge in [-0.15, -0.1) is 11.3 Å². The minimum atomic E-state index is -0.774. The number of pyridine rings is 1. The normalized spacial score (nSPS) is 11.1. The standard InChI is InChI=1S/C18H14F2N4OS/c1-10-16(24-6-4-3-5-15(24)21-10)14-9-26-18(23-14)22-11-7-12(19)17(25-2)13(20)8-11/h3-9H,1-2H3,(H,22,23). The molecule has 26 heavy (non-hydrogen) atoms. The number of thiazole rings is 1. The van der Waals surface area contributed by atoms with Crippen molar-refractivity contribution < 1.29 is 13.5 Å². The second-order valence-electron chi connectivity index (χ2n) is 5.61. The lowest BCUT2D eigenvalue weighted by Crippen LogP contribution is -1.97. The van der Waals surface area contributed by atoms with Crippen LogP contribution in [-0.4, -0.2) is 21.5 Å². The zero-order chi connectivity index (χ0) is 18.3. The molecule has 0 aliphatic heterocycles. The molecule has 0 bridgehead atoms. The van der Waals surface area contributed by atoms with E-state index in [-0.39, 0.29) is 5.69 Å². The van der Waals surface area contributed by atoms with Gasteiger partial charge in [-0.25, -0.2) is 18.7 Å². The lowest BCUT2D eigenvalue weighted by molar-refractivity contribution is 0.360. The van der Waals surface area contributed by atoms with E-state index in [1.807, 2.05) is 41.1 Å². The van der Waals surface area contributed by atoms with Crippen molar-refractivity contribution in [2.75, 3.05) is 12.4 Å². The highest BCUT2D eigenvalue weighted by atomic mass is 32.1. The van der Waals surface area contributed by atoms with Crippen LogP contribution in [-0.2, 0) is 0 Å². The van der Waals surface area contributed by atoms with Crippen LogP contribution in [0.2, 0.25) is 0 Å². The summed E-state index contributed by atoms with van der Waals surface area (Å²) in [5.74, 6) is -1.95. The minimum Gasteiger partial charge on any atom is -0.491 e. The Bertz CT molecular complexity index is 1080. The molecule has 1 aromatic carbocycles. The number of ether oxygens (including phenoxy) is 1. The molecular weight excluding hydrogens is 358 g/mol. The molecule has 5 nitrogen and oxygen atoms in total. The molecule has 0 unspecified atom stereocenters. The predicted octanol–water partition coefficient (Wildman–Crippen LogP) is 4.80. The first-order valence-corrected chi connectivity index (χ1v) is 8.64. The molecule has 1 N–H and O–H groups in total. The van der Waals surface area contributed by atoms with Crippen molar-refractivity contribution in [3.8, 4) is 17.1 Å². The Labute approximate surface area is 151 Å². The number of benzene rings is 1. The lowest BCUT2D eigenvalue weighted by atomic mass is 10.2. The first-order chi connectivity index (χ1) is 12.6. The van der Waals surface area contributed by atoms with Gasteiger partial charge < -0.3 is 10.1 Å². The van der Waals surface area contributed by atoms with Crippen molar-refractivity contribution in [3.63, 3.8) is 0 Å². The summed E-state index contributed by atoms with van der Waals surface area (Å²) in [6, 6.07) is 8.11. The van der Waals surface area contributed by atoms with Crippen LogP contribution in [0.4, 0.5) is 19.6 Å². The smallest absolute Gasteiger partial charge is 0.190 e. The number of methoxy groups -OCH3 is 1. The molecule has 4 rings (SSSR count). The van der Waals surface area contributed by atoms with Gasteiger partial charge in [0.15, 0.2) is 22.5 Å². The molecule has 3 heterocycles. The van der Waals surface area contributed by atoms with Crippen LogP contribution in [0.1, 0.15) is 5.69 Å². The van der Waals surface area contributed by atoms with Crippen molar-refractivity contribution in [1.82, 2.24) is 14.4 Å². The summed E-state index contributed by atoms with van der Waals surface area (Å²) in [5, 5.41) is 5.33. The quantitative estimate of drug-likeness (QED) is 0.559. The molecule has 0 saturated carbocycles. The van der Waals surface area contributed by atoms with E-state index in [9.17, 15) is 8.78 Å². The largest absolute Gasteiger partial charge is 0.491 e. The number of nitrogens with zero attached hydrogens (tertiary/aromatic N) is 3. The third kappa shape index (κ3) is 2.78. The number of aryl methyl sites for hydroxylation is 1. The second kappa shape index (κ2) is 6.38. The Morgan fingerprint density at radius 1 is 1.15 bits per heavy atom. The van der Waals surface area contributed by atoms with E-state index in [0.29, 0.717) is 5.13 Å². The van der Waals surface area contributed by atoms with Crippen LogP contribution in [0.15, 0.2) is 41.9 Å². The fraction of sp³-hybridized carbons (Fsp3) is 0.111. The number of hydrogen-bond donors (Lipinski definition) is 1. The van der Waals surface area contributed by atoms with E-state index in [2.05, 4.69) is 20.0 Å². The number of imidazole rings is 1. The molecule has 0 atom stereocenters. The number of halogens is 2. The fourth-order valence-corrected chi connectivity index (χ4v) is 3.53. The van der Waals surface area contributed by atoms with Gasteiger partial charge in [0, 0.05) is 29.4 Å². The summed E-state index contributed by atoms with van der Waals surface area (Å²) < 4.78 is 34.3. The van der Waals surface area contributed by atoms with Gasteiger partial charge in [-0.2, -0.15) is 0 Å². The Morgan fingerprint density at radius 2 is 1.92 bits per heavy atom. The van der Waals surface area contributed by atoms with Crippen LogP contribution < -0.4 is 10.1 Å². The van der Waals surface area contributed by atoms with Gasteiger partial charge in [0.1, 0.15) is 11.3 Å². The van der Waals surface area contributed by atoms with Gasteiger partial charge in [0.2, 0.25) is 0 Å². The maximum Gasteiger partial charge on any atom is 0.190 e. The first kappa shape index (κ1) is 16.5. The number of anilines is 2. The first-order valence-electron chi connectivity index (χ1n) is 7.76. The number of hydrogen-bond acceptors (Lipinski definition) is 5. The van der Waals surface area contributed by atoms with Gasteiger partial charge in [0.25, 0.3) is 0 Å². The van der Waals surface area contributed by atoms with Gasteiger partial charge in [-0.3, -0.25) is 4.40 Å². The summed E-state index contributed by atoms with van der Waals surface area (Å²) >= 11 is 1.34. The van der Waals surface area contributed by atoms with Crippen molar-refractivity contribution in [3.05, 3.63) is 59.2 Å². The number of rotatable bonds is 4. The molecule has 0 spiro atoms. The predicted molar refractivity (Wildman–Crippen MR) is 97.2 cm³/mol. The monoisotopic (exact) mass is 372 g/mol. The molecule has 0 radical (unpaired) electrons. The molecule has 0 aliphatic rings. The highest BCUT2D eigenvalue weighted by Gasteiger charge is 2.15. The lowest BCUT2D eigenvalue weighted by Gasteiger charge is -2.07. The van der Waals surface area contributed by atoms with Crippen LogP contribution >= 0.6 is 11.3 Å². The molecule has 0 aliphatic carbocycles. The average Bonchev–Trinajstić information content (AvgIpc) is 3.17. The zero-order valence-electron chi connectivity index (χ0n) is 14.0. The molecule has 3 aromatic heterocycles. The summed E-state index contributed by atoms with van der Waals surface area (Å²) in [7, 11) is 1.22. The molecular formula is C18H14F2N4OS. The van der Waals surface area contributed by atoms with E-state index < -0.39 is 17.4 Å². The van der Waals surface area contributed by atoms with Crippen LogP contribution in [0.25, 0.3) is 17.0 Å². The average molecular weight is 372 g/mol. The van der Waals surface area contributed by atoms with Gasteiger partial charge in [-0.05, 0) is 19.1 Å². The van der Waals surface area contributed by atoms with Crippen molar-refractivity contribution in [2.24, 2.45) is 0 Å². The summed E-state index contributed by atoms with van der Waals surface area (Å²) in [5.41, 5.74) is 3.58. The molecule has 0 amide bonds. The number of aromatic nitrogens is 3. The van der Waals surface area contributed by atoms with Crippen molar-refractivity contribution in [1.29, 1.82) is 0 Å². The summed E-state index contributed by atoms with van der Waals surface area (Å²) in [6.45, 7) is 1.92. The summed E-state index contributed by atoms with van der Waals surface area (Å²) in [4.78, 5) is 9.05. The molecule has 132 valence electrons. The Hall–Kier alpha value is -3.00. The fourth-order valence-electron chi connectivity index (χ4n) is 2.81. The third-order valence-corrected chi connectivity index (χ3v) is 4.66. The molecule has 4 aromatic rings. The SMILES string of the molecule is COc1c(F)cc(Nc2nc(-c3c(C)nc4ccccn34)cs2)cc1F. The van der Waals surface area contributed by atoms with Crippen LogP contribution in [0.3, 0.4) is 0 Å². The molecule has 0 saturated heterocycles. The van der Waals surface area contributed by atoms with Crippen molar-refractivity contribution in [2.45, 2.75) is 6.92 Å². The zero-order valence-corrected chi connectivity index (χ0v) is 14.8. The maximum absolute atomic E-state index is 13.8. The van der Waals surface area contributed by atoms with E-state index in [4.69, 9.17) is 0 Å². The third-order valence-electron chi connectivity index (χ3n) is 3.90. The van der Waals surface area contributed by atoms with Crippen molar-refractivity contribution >= 4 is 27.8 Å². The maximum atomic E-state index is 13.8. The van der Waals surface area contributed by atoms with Crippen LogP contribution in [0, 0.1) is 18.6 Å². The number of fused-ring (bicyclic) bond motifs is 1. The van der Waals surface area contributed by atoms with E-state index in [1.54, 1.807) is 0 Å². The van der Waals surface area contributed by atoms with E-state index >= 15 is 0 Å². The van der Waals surface area contributed by atoms with E-state index in [1.165, 1.54) is 30.6 Å². The molecule has 0 fully saturated rings. The van der Waals surface area contributed by atoms with E-state index in [0.717, 1.165) is 22.7 Å². The van der Waals surface area contributed by atoms with Gasteiger partial charge in [0.05, 0.1) is 18.5 Å². The topological polar surface area (TPSA) is 51.5 Å².